The second-order valence-corrected chi connectivity index (χ2v) is 4.85. The molecule has 98 valence electrons. The van der Waals surface area contributed by atoms with E-state index < -0.39 is 0 Å². The van der Waals surface area contributed by atoms with Gasteiger partial charge in [-0.15, -0.1) is 0 Å². The second kappa shape index (κ2) is 5.96. The highest BCUT2D eigenvalue weighted by Gasteiger charge is 2.24. The van der Waals surface area contributed by atoms with Crippen molar-refractivity contribution in [2.45, 2.75) is 38.3 Å². The number of benzene rings is 1. The van der Waals surface area contributed by atoms with E-state index in [0.717, 1.165) is 18.4 Å². The average molecular weight is 251 g/mol. The fourth-order valence-corrected chi connectivity index (χ4v) is 2.32. The van der Waals surface area contributed by atoms with Crippen LogP contribution in [0.1, 0.15) is 31.2 Å². The number of rotatable bonds is 3. The van der Waals surface area contributed by atoms with Crippen molar-refractivity contribution in [1.82, 2.24) is 5.32 Å². The largest absolute Gasteiger partial charge is 0.393 e. The molecule has 0 atom stereocenters. The molecule has 1 aromatic rings. The minimum absolute atomic E-state index is 0.00570. The molecule has 2 rings (SSSR count). The van der Waals surface area contributed by atoms with Gasteiger partial charge in [-0.3, -0.25) is 4.79 Å². The van der Waals surface area contributed by atoms with E-state index in [1.54, 1.807) is 12.1 Å². The second-order valence-electron chi connectivity index (χ2n) is 4.85. The molecule has 0 unspecified atom stereocenters. The van der Waals surface area contributed by atoms with Crippen molar-refractivity contribution in [3.8, 4) is 0 Å². The maximum atomic E-state index is 12.9. The third kappa shape index (κ3) is 3.53. The van der Waals surface area contributed by atoms with Gasteiger partial charge in [0.05, 0.1) is 6.10 Å². The summed E-state index contributed by atoms with van der Waals surface area (Å²) in [4.78, 5) is 11.9. The van der Waals surface area contributed by atoms with Crippen LogP contribution in [0.5, 0.6) is 0 Å². The predicted molar refractivity (Wildman–Crippen MR) is 66.2 cm³/mol. The van der Waals surface area contributed by atoms with Crippen LogP contribution in [0.2, 0.25) is 0 Å². The SMILES string of the molecule is O=C(NCc1cccc(F)c1)C1CCC(O)CC1. The third-order valence-corrected chi connectivity index (χ3v) is 3.42. The quantitative estimate of drug-likeness (QED) is 0.863. The highest BCUT2D eigenvalue weighted by molar-refractivity contribution is 5.78. The molecule has 0 aliphatic heterocycles. The number of hydrogen-bond donors (Lipinski definition) is 2. The zero-order chi connectivity index (χ0) is 13.0. The van der Waals surface area contributed by atoms with Gasteiger partial charge in [0, 0.05) is 12.5 Å². The molecule has 0 radical (unpaired) electrons. The number of nitrogens with one attached hydrogen (secondary N) is 1. The minimum Gasteiger partial charge on any atom is -0.393 e. The van der Waals surface area contributed by atoms with Crippen molar-refractivity contribution in [2.24, 2.45) is 5.92 Å². The Hall–Kier alpha value is -1.42. The smallest absolute Gasteiger partial charge is 0.223 e. The number of halogens is 1. The number of aliphatic hydroxyl groups is 1. The molecule has 1 aliphatic carbocycles. The highest BCUT2D eigenvalue weighted by atomic mass is 19.1. The number of carbonyl (C=O) groups excluding carboxylic acids is 1. The summed E-state index contributed by atoms with van der Waals surface area (Å²) in [6, 6.07) is 6.22. The van der Waals surface area contributed by atoms with E-state index >= 15 is 0 Å². The van der Waals surface area contributed by atoms with Gasteiger partial charge >= 0.3 is 0 Å². The van der Waals surface area contributed by atoms with Gasteiger partial charge in [-0.05, 0) is 43.4 Å². The Morgan fingerprint density at radius 2 is 2.06 bits per heavy atom. The van der Waals surface area contributed by atoms with Crippen molar-refractivity contribution >= 4 is 5.91 Å². The first-order chi connectivity index (χ1) is 8.65. The summed E-state index contributed by atoms with van der Waals surface area (Å²) in [6.07, 6.45) is 2.60. The molecule has 0 spiro atoms. The molecule has 0 bridgehead atoms. The van der Waals surface area contributed by atoms with E-state index in [1.165, 1.54) is 12.1 Å². The monoisotopic (exact) mass is 251 g/mol. The summed E-state index contributed by atoms with van der Waals surface area (Å²) in [7, 11) is 0. The number of amides is 1. The molecule has 0 saturated heterocycles. The fraction of sp³-hybridized carbons (Fsp3) is 0.500. The van der Waals surface area contributed by atoms with Crippen molar-refractivity contribution in [3.05, 3.63) is 35.6 Å². The molecular formula is C14H18FNO2. The van der Waals surface area contributed by atoms with E-state index in [-0.39, 0.29) is 23.7 Å². The van der Waals surface area contributed by atoms with Gasteiger partial charge in [0.2, 0.25) is 5.91 Å². The molecule has 3 nitrogen and oxygen atoms in total. The number of hydrogen-bond acceptors (Lipinski definition) is 2. The maximum absolute atomic E-state index is 12.9. The Balaban J connectivity index is 1.81. The molecule has 1 aromatic carbocycles. The lowest BCUT2D eigenvalue weighted by atomic mass is 9.87. The normalized spacial score (nSPS) is 23.7. The minimum atomic E-state index is -0.289. The van der Waals surface area contributed by atoms with Gasteiger partial charge in [0.15, 0.2) is 0 Å². The first-order valence-corrected chi connectivity index (χ1v) is 6.35. The van der Waals surface area contributed by atoms with Crippen LogP contribution in [-0.4, -0.2) is 17.1 Å². The van der Waals surface area contributed by atoms with E-state index in [2.05, 4.69) is 5.32 Å². The van der Waals surface area contributed by atoms with Crippen molar-refractivity contribution in [3.63, 3.8) is 0 Å². The van der Waals surface area contributed by atoms with Crippen LogP contribution in [0.25, 0.3) is 0 Å². The number of carbonyl (C=O) groups is 1. The summed E-state index contributed by atoms with van der Waals surface area (Å²) in [5.41, 5.74) is 0.763. The first kappa shape index (κ1) is 13.0. The molecule has 1 amide bonds. The average Bonchev–Trinajstić information content (AvgIpc) is 2.37. The summed E-state index contributed by atoms with van der Waals surface area (Å²) in [6.45, 7) is 0.357. The highest BCUT2D eigenvalue weighted by Crippen LogP contribution is 2.24. The zero-order valence-corrected chi connectivity index (χ0v) is 10.2. The summed E-state index contributed by atoms with van der Waals surface area (Å²) < 4.78 is 12.9. The van der Waals surface area contributed by atoms with Crippen molar-refractivity contribution < 1.29 is 14.3 Å². The molecule has 1 fully saturated rings. The molecule has 18 heavy (non-hydrogen) atoms. The van der Waals surface area contributed by atoms with E-state index in [1.807, 2.05) is 0 Å². The standard InChI is InChI=1S/C14H18FNO2/c15-12-3-1-2-10(8-12)9-16-14(18)11-4-6-13(17)7-5-11/h1-3,8,11,13,17H,4-7,9H2,(H,16,18). The van der Waals surface area contributed by atoms with Crippen LogP contribution in [0.3, 0.4) is 0 Å². The Morgan fingerprint density at radius 3 is 2.72 bits per heavy atom. The Bertz CT molecular complexity index is 414. The molecule has 0 heterocycles. The Morgan fingerprint density at radius 1 is 1.33 bits per heavy atom. The summed E-state index contributed by atoms with van der Waals surface area (Å²) >= 11 is 0. The van der Waals surface area contributed by atoms with Crippen molar-refractivity contribution in [1.29, 1.82) is 0 Å². The van der Waals surface area contributed by atoms with Crippen LogP contribution in [0, 0.1) is 11.7 Å². The van der Waals surface area contributed by atoms with Gasteiger partial charge < -0.3 is 10.4 Å². The number of aliphatic hydroxyl groups excluding tert-OH is 1. The Labute approximate surface area is 106 Å². The lowest BCUT2D eigenvalue weighted by Gasteiger charge is -2.24. The molecule has 2 N–H and O–H groups in total. The summed E-state index contributed by atoms with van der Waals surface area (Å²) in [5, 5.41) is 12.2. The predicted octanol–water partition coefficient (Wildman–Crippen LogP) is 1.99. The maximum Gasteiger partial charge on any atom is 0.223 e. The van der Waals surface area contributed by atoms with Gasteiger partial charge in [-0.25, -0.2) is 4.39 Å². The molecule has 1 aliphatic rings. The van der Waals surface area contributed by atoms with Crippen LogP contribution in [0.15, 0.2) is 24.3 Å². The van der Waals surface area contributed by atoms with Gasteiger partial charge in [0.25, 0.3) is 0 Å². The van der Waals surface area contributed by atoms with E-state index in [4.69, 9.17) is 0 Å². The van der Waals surface area contributed by atoms with E-state index in [9.17, 15) is 14.3 Å². The molecule has 0 aromatic heterocycles. The van der Waals surface area contributed by atoms with Gasteiger partial charge in [-0.1, -0.05) is 12.1 Å². The van der Waals surface area contributed by atoms with Crippen LogP contribution in [0.4, 0.5) is 4.39 Å². The molecule has 4 heteroatoms. The molecule has 1 saturated carbocycles. The Kier molecular flexibility index (Phi) is 4.31. The van der Waals surface area contributed by atoms with E-state index in [0.29, 0.717) is 19.4 Å². The van der Waals surface area contributed by atoms with Crippen LogP contribution in [-0.2, 0) is 11.3 Å². The topological polar surface area (TPSA) is 49.3 Å². The first-order valence-electron chi connectivity index (χ1n) is 6.35. The lowest BCUT2D eigenvalue weighted by molar-refractivity contribution is -0.126. The van der Waals surface area contributed by atoms with Crippen LogP contribution < -0.4 is 5.32 Å². The van der Waals surface area contributed by atoms with Gasteiger partial charge in [-0.2, -0.15) is 0 Å². The van der Waals surface area contributed by atoms with Crippen molar-refractivity contribution in [2.75, 3.05) is 0 Å². The lowest BCUT2D eigenvalue weighted by Crippen LogP contribution is -2.33. The summed E-state index contributed by atoms with van der Waals surface area (Å²) in [5.74, 6) is -0.296. The van der Waals surface area contributed by atoms with Gasteiger partial charge in [0.1, 0.15) is 5.82 Å². The molecular weight excluding hydrogens is 233 g/mol. The third-order valence-electron chi connectivity index (χ3n) is 3.42. The van der Waals surface area contributed by atoms with Crippen LogP contribution >= 0.6 is 0 Å². The fourth-order valence-electron chi connectivity index (χ4n) is 2.32. The zero-order valence-electron chi connectivity index (χ0n) is 10.2.